The number of carbonyl (C=O) groups is 2. The molecule has 2 fully saturated rings. The maximum absolute atomic E-state index is 13.1. The number of rotatable bonds is 4. The zero-order valence-corrected chi connectivity index (χ0v) is 13.3. The summed E-state index contributed by atoms with van der Waals surface area (Å²) in [5, 5.41) is 10.6. The third-order valence-corrected chi connectivity index (χ3v) is 4.71. The van der Waals surface area contributed by atoms with E-state index in [9.17, 15) is 19.1 Å². The second-order valence-electron chi connectivity index (χ2n) is 6.74. The number of nitrogens with zero attached hydrogens (tertiary/aromatic N) is 1. The number of nitrogens with two attached hydrogens (primary N) is 1. The summed E-state index contributed by atoms with van der Waals surface area (Å²) in [5.74, 6) is -1.11. The van der Waals surface area contributed by atoms with E-state index in [1.54, 1.807) is 12.1 Å². The highest BCUT2D eigenvalue weighted by Crippen LogP contribution is 2.49. The van der Waals surface area contributed by atoms with Crippen LogP contribution in [0.3, 0.4) is 0 Å². The topological polar surface area (TPSA) is 92.9 Å². The fraction of sp³-hybridized carbons (Fsp3) is 0.529. The maximum atomic E-state index is 13.1. The van der Waals surface area contributed by atoms with Crippen molar-refractivity contribution in [1.29, 1.82) is 0 Å². The van der Waals surface area contributed by atoms with E-state index in [0.29, 0.717) is 19.4 Å². The van der Waals surface area contributed by atoms with E-state index in [4.69, 9.17) is 10.5 Å². The number of β-amino-alcohol motifs (C(OH)–C–C–N with tert-alkyl or cyclic N) is 1. The van der Waals surface area contributed by atoms with Crippen LogP contribution in [-0.2, 0) is 19.7 Å². The van der Waals surface area contributed by atoms with Crippen LogP contribution in [0.2, 0.25) is 0 Å². The minimum Gasteiger partial charge on any atom is -0.385 e. The third kappa shape index (κ3) is 3.27. The van der Waals surface area contributed by atoms with Gasteiger partial charge in [0.05, 0.1) is 31.6 Å². The van der Waals surface area contributed by atoms with Crippen molar-refractivity contribution in [3.8, 4) is 0 Å². The summed E-state index contributed by atoms with van der Waals surface area (Å²) in [6.07, 6.45) is 1.10. The van der Waals surface area contributed by atoms with Crippen molar-refractivity contribution in [1.82, 2.24) is 4.90 Å². The van der Waals surface area contributed by atoms with E-state index >= 15 is 0 Å². The molecule has 3 N–H and O–H groups in total. The van der Waals surface area contributed by atoms with E-state index in [1.165, 1.54) is 17.0 Å². The Kier molecular flexibility index (Phi) is 4.31. The summed E-state index contributed by atoms with van der Waals surface area (Å²) in [5.41, 5.74) is 3.83. The predicted octanol–water partition coefficient (Wildman–Crippen LogP) is 0.323. The van der Waals surface area contributed by atoms with Crippen LogP contribution in [0.15, 0.2) is 24.3 Å². The Balaban J connectivity index is 1.80. The molecule has 2 amide bonds. The predicted molar refractivity (Wildman–Crippen MR) is 83.5 cm³/mol. The normalized spacial score (nSPS) is 25.8. The average Bonchev–Trinajstić information content (AvgIpc) is 3.32. The zero-order chi connectivity index (χ0) is 17.4. The summed E-state index contributed by atoms with van der Waals surface area (Å²) in [6, 6.07) is 5.95. The maximum Gasteiger partial charge on any atom is 0.233 e. The van der Waals surface area contributed by atoms with Gasteiger partial charge in [-0.1, -0.05) is 12.1 Å². The van der Waals surface area contributed by atoms with Gasteiger partial charge in [0.2, 0.25) is 11.8 Å². The Morgan fingerprint density at radius 1 is 1.29 bits per heavy atom. The highest BCUT2D eigenvalue weighted by molar-refractivity contribution is 5.91. The monoisotopic (exact) mass is 336 g/mol. The van der Waals surface area contributed by atoms with Gasteiger partial charge in [-0.05, 0) is 30.5 Å². The first-order valence-corrected chi connectivity index (χ1v) is 7.99. The molecule has 1 aliphatic carbocycles. The van der Waals surface area contributed by atoms with Crippen molar-refractivity contribution in [2.45, 2.75) is 30.3 Å². The zero-order valence-electron chi connectivity index (χ0n) is 13.3. The molecule has 1 atom stereocenters. The third-order valence-electron chi connectivity index (χ3n) is 4.71. The van der Waals surface area contributed by atoms with Crippen molar-refractivity contribution in [2.75, 3.05) is 26.3 Å². The number of ether oxygens (including phenoxy) is 1. The first-order valence-electron chi connectivity index (χ1n) is 7.99. The van der Waals surface area contributed by atoms with Gasteiger partial charge in [-0.3, -0.25) is 9.59 Å². The molecule has 0 aromatic heterocycles. The Labute approximate surface area is 139 Å². The number of primary amides is 1. The van der Waals surface area contributed by atoms with Gasteiger partial charge in [0.25, 0.3) is 0 Å². The lowest BCUT2D eigenvalue weighted by molar-refractivity contribution is -0.139. The molecule has 1 unspecified atom stereocenters. The molecular weight excluding hydrogens is 315 g/mol. The van der Waals surface area contributed by atoms with Gasteiger partial charge in [0, 0.05) is 6.54 Å². The average molecular weight is 336 g/mol. The number of hydrogen-bond acceptors (Lipinski definition) is 4. The Morgan fingerprint density at radius 3 is 2.54 bits per heavy atom. The molecule has 3 rings (SSSR count). The molecule has 7 heteroatoms. The molecule has 1 aromatic rings. The molecule has 2 aliphatic rings. The summed E-state index contributed by atoms with van der Waals surface area (Å²) in [6.45, 7) is 0.580. The van der Waals surface area contributed by atoms with Gasteiger partial charge in [-0.15, -0.1) is 0 Å². The van der Waals surface area contributed by atoms with Gasteiger partial charge in [0.1, 0.15) is 11.4 Å². The molecule has 0 spiro atoms. The molecule has 24 heavy (non-hydrogen) atoms. The Bertz CT molecular complexity index is 644. The summed E-state index contributed by atoms with van der Waals surface area (Å²) in [7, 11) is 0. The van der Waals surface area contributed by atoms with Crippen LogP contribution in [0, 0.1) is 5.82 Å². The van der Waals surface area contributed by atoms with Crippen LogP contribution in [0.25, 0.3) is 0 Å². The number of halogens is 1. The lowest BCUT2D eigenvalue weighted by Crippen LogP contribution is -2.50. The standard InChI is InChI=1S/C17H21FN2O4/c18-13-3-1-12(2-4-13)17(5-6-17)15(22)20-7-8-24-11-16(23,10-20)9-14(19)21/h1-4,23H,5-11H2,(H2,19,21). The first kappa shape index (κ1) is 16.9. The van der Waals surface area contributed by atoms with Gasteiger partial charge in [-0.25, -0.2) is 4.39 Å². The van der Waals surface area contributed by atoms with Gasteiger partial charge in [0.15, 0.2) is 0 Å². The molecule has 6 nitrogen and oxygen atoms in total. The van der Waals surface area contributed by atoms with Crippen molar-refractivity contribution < 1.29 is 23.8 Å². The van der Waals surface area contributed by atoms with E-state index in [0.717, 1.165) is 5.56 Å². The molecule has 0 bridgehead atoms. The highest BCUT2D eigenvalue weighted by Gasteiger charge is 2.54. The largest absolute Gasteiger partial charge is 0.385 e. The highest BCUT2D eigenvalue weighted by atomic mass is 19.1. The van der Waals surface area contributed by atoms with E-state index in [-0.39, 0.29) is 37.9 Å². The van der Waals surface area contributed by atoms with Crippen LogP contribution in [0.1, 0.15) is 24.8 Å². The number of benzene rings is 1. The van der Waals surface area contributed by atoms with E-state index < -0.39 is 16.9 Å². The Morgan fingerprint density at radius 2 is 1.96 bits per heavy atom. The van der Waals surface area contributed by atoms with Crippen LogP contribution in [-0.4, -0.2) is 53.7 Å². The quantitative estimate of drug-likeness (QED) is 0.828. The van der Waals surface area contributed by atoms with Crippen LogP contribution < -0.4 is 5.73 Å². The molecule has 1 aromatic carbocycles. The fourth-order valence-corrected chi connectivity index (χ4v) is 3.34. The minimum atomic E-state index is -1.48. The van der Waals surface area contributed by atoms with E-state index in [2.05, 4.69) is 0 Å². The summed E-state index contributed by atoms with van der Waals surface area (Å²) < 4.78 is 18.5. The van der Waals surface area contributed by atoms with Crippen LogP contribution >= 0.6 is 0 Å². The smallest absolute Gasteiger partial charge is 0.233 e. The Hall–Kier alpha value is -1.99. The fourth-order valence-electron chi connectivity index (χ4n) is 3.34. The number of amides is 2. The molecule has 1 heterocycles. The molecule has 1 saturated heterocycles. The SMILES string of the molecule is NC(=O)CC1(O)COCCN(C(=O)C2(c3ccc(F)cc3)CC2)C1. The second-order valence-corrected chi connectivity index (χ2v) is 6.74. The van der Waals surface area contributed by atoms with Crippen molar-refractivity contribution in [2.24, 2.45) is 5.73 Å². The lowest BCUT2D eigenvalue weighted by Gasteiger charge is -2.32. The number of hydrogen-bond donors (Lipinski definition) is 2. The molecule has 130 valence electrons. The van der Waals surface area contributed by atoms with Crippen molar-refractivity contribution in [3.05, 3.63) is 35.6 Å². The van der Waals surface area contributed by atoms with Gasteiger partial charge in [-0.2, -0.15) is 0 Å². The van der Waals surface area contributed by atoms with Crippen molar-refractivity contribution in [3.63, 3.8) is 0 Å². The molecule has 1 aliphatic heterocycles. The lowest BCUT2D eigenvalue weighted by atomic mass is 9.93. The van der Waals surface area contributed by atoms with Gasteiger partial charge >= 0.3 is 0 Å². The first-order chi connectivity index (χ1) is 11.3. The van der Waals surface area contributed by atoms with Gasteiger partial charge < -0.3 is 20.5 Å². The van der Waals surface area contributed by atoms with E-state index in [1.807, 2.05) is 0 Å². The number of aliphatic hydroxyl groups is 1. The number of carbonyl (C=O) groups excluding carboxylic acids is 2. The van der Waals surface area contributed by atoms with Crippen LogP contribution in [0.4, 0.5) is 4.39 Å². The van der Waals surface area contributed by atoms with Crippen LogP contribution in [0.5, 0.6) is 0 Å². The molecule has 0 radical (unpaired) electrons. The molecular formula is C17H21FN2O4. The minimum absolute atomic E-state index is 0.00226. The second kappa shape index (κ2) is 6.14. The van der Waals surface area contributed by atoms with Crippen molar-refractivity contribution >= 4 is 11.8 Å². The summed E-state index contributed by atoms with van der Waals surface area (Å²) in [4.78, 5) is 25.8. The summed E-state index contributed by atoms with van der Waals surface area (Å²) >= 11 is 0. The molecule has 1 saturated carbocycles.